The molecular weight excluding hydrogens is 388 g/mol. The summed E-state index contributed by atoms with van der Waals surface area (Å²) in [7, 11) is 0. The van der Waals surface area contributed by atoms with Crippen LogP contribution in [-0.4, -0.2) is 27.2 Å². The van der Waals surface area contributed by atoms with Crippen molar-refractivity contribution in [1.82, 2.24) is 9.55 Å². The van der Waals surface area contributed by atoms with E-state index in [2.05, 4.69) is 0 Å². The Morgan fingerprint density at radius 2 is 1.45 bits per heavy atom. The van der Waals surface area contributed by atoms with Gasteiger partial charge in [-0.25, -0.2) is 0 Å². The van der Waals surface area contributed by atoms with E-state index in [1.807, 2.05) is 102 Å². The summed E-state index contributed by atoms with van der Waals surface area (Å²) in [6.45, 7) is 1.90. The van der Waals surface area contributed by atoms with E-state index in [-0.39, 0.29) is 6.61 Å². The molecule has 1 aromatic heterocycles. The number of carboxylic acid groups (broad SMARTS) is 1. The number of aliphatic carboxylic acids is 1. The first-order valence-corrected chi connectivity index (χ1v) is 10.3. The van der Waals surface area contributed by atoms with Gasteiger partial charge in [0.2, 0.25) is 0 Å². The van der Waals surface area contributed by atoms with Crippen molar-refractivity contribution in [3.8, 4) is 34.2 Å². The van der Waals surface area contributed by atoms with E-state index in [4.69, 9.17) is 9.72 Å². The largest absolute Gasteiger partial charge is 0.481 e. The second-order valence-electron chi connectivity index (χ2n) is 7.25. The van der Waals surface area contributed by atoms with Crippen LogP contribution in [0.4, 0.5) is 0 Å². The van der Waals surface area contributed by atoms with Gasteiger partial charge in [-0.1, -0.05) is 85.8 Å². The summed E-state index contributed by atoms with van der Waals surface area (Å²) in [6.07, 6.45) is 0.485. The minimum absolute atomic E-state index is 0.0537. The highest BCUT2D eigenvalue weighted by Crippen LogP contribution is 2.37. The number of aromatic nitrogens is 2. The Hall–Kier alpha value is -3.86. The summed E-state index contributed by atoms with van der Waals surface area (Å²) in [5.74, 6) is -1.46. The predicted octanol–water partition coefficient (Wildman–Crippen LogP) is 5.70. The molecule has 1 unspecified atom stereocenters. The van der Waals surface area contributed by atoms with Crippen LogP contribution in [0.15, 0.2) is 91.0 Å². The molecule has 5 heteroatoms. The fourth-order valence-corrected chi connectivity index (χ4v) is 3.51. The van der Waals surface area contributed by atoms with Gasteiger partial charge in [-0.3, -0.25) is 9.36 Å². The lowest BCUT2D eigenvalue weighted by atomic mass is 10.0. The maximum absolute atomic E-state index is 11.5. The first kappa shape index (κ1) is 20.4. The Balaban J connectivity index is 1.92. The Bertz CT molecular complexity index is 1140. The average Bonchev–Trinajstić information content (AvgIpc) is 3.20. The zero-order valence-corrected chi connectivity index (χ0v) is 17.3. The maximum Gasteiger partial charge on any atom is 0.309 e. The lowest BCUT2D eigenvalue weighted by Gasteiger charge is -2.15. The SMILES string of the molecule is CCC(COc1nc(-c2ccccc2)c(-c2ccccc2)n1-c1ccccc1)C(=O)O. The van der Waals surface area contributed by atoms with Crippen LogP contribution in [0.25, 0.3) is 28.2 Å². The van der Waals surface area contributed by atoms with Crippen LogP contribution in [0.3, 0.4) is 0 Å². The van der Waals surface area contributed by atoms with E-state index in [1.165, 1.54) is 0 Å². The molecule has 3 aromatic carbocycles. The number of rotatable bonds is 8. The second kappa shape index (κ2) is 9.30. The van der Waals surface area contributed by atoms with E-state index in [1.54, 1.807) is 0 Å². The summed E-state index contributed by atoms with van der Waals surface area (Å²) in [5.41, 5.74) is 4.55. The molecule has 0 bridgehead atoms. The molecular formula is C26H24N2O3. The smallest absolute Gasteiger partial charge is 0.309 e. The van der Waals surface area contributed by atoms with Crippen LogP contribution in [0.2, 0.25) is 0 Å². The van der Waals surface area contributed by atoms with E-state index < -0.39 is 11.9 Å². The van der Waals surface area contributed by atoms with Gasteiger partial charge in [0.25, 0.3) is 0 Å². The molecule has 0 spiro atoms. The summed E-state index contributed by atoms with van der Waals surface area (Å²) >= 11 is 0. The second-order valence-corrected chi connectivity index (χ2v) is 7.25. The van der Waals surface area contributed by atoms with Gasteiger partial charge in [-0.05, 0) is 18.6 Å². The van der Waals surface area contributed by atoms with Gasteiger partial charge >= 0.3 is 12.0 Å². The van der Waals surface area contributed by atoms with E-state index in [0.717, 1.165) is 28.2 Å². The Morgan fingerprint density at radius 1 is 0.903 bits per heavy atom. The van der Waals surface area contributed by atoms with Crippen LogP contribution < -0.4 is 4.74 Å². The predicted molar refractivity (Wildman–Crippen MR) is 121 cm³/mol. The molecule has 1 atom stereocenters. The lowest BCUT2D eigenvalue weighted by Crippen LogP contribution is -2.21. The number of para-hydroxylation sites is 1. The van der Waals surface area contributed by atoms with Gasteiger partial charge < -0.3 is 9.84 Å². The summed E-state index contributed by atoms with van der Waals surface area (Å²) in [5, 5.41) is 9.45. The Labute approximate surface area is 181 Å². The van der Waals surface area contributed by atoms with Crippen molar-refractivity contribution in [2.45, 2.75) is 13.3 Å². The number of imidazole rings is 1. The quantitative estimate of drug-likeness (QED) is 0.403. The number of carboxylic acids is 1. The van der Waals surface area contributed by atoms with Crippen molar-refractivity contribution in [3.63, 3.8) is 0 Å². The van der Waals surface area contributed by atoms with Crippen molar-refractivity contribution in [2.75, 3.05) is 6.61 Å². The fraction of sp³-hybridized carbons (Fsp3) is 0.154. The van der Waals surface area contributed by atoms with E-state index in [0.29, 0.717) is 12.4 Å². The normalized spacial score (nSPS) is 11.8. The molecule has 0 saturated carbocycles. The molecule has 0 radical (unpaired) electrons. The highest BCUT2D eigenvalue weighted by atomic mass is 16.5. The lowest BCUT2D eigenvalue weighted by molar-refractivity contribution is -0.142. The Kier molecular flexibility index (Phi) is 6.13. The zero-order chi connectivity index (χ0) is 21.6. The molecule has 1 heterocycles. The number of benzene rings is 3. The van der Waals surface area contributed by atoms with Gasteiger partial charge in [0.1, 0.15) is 12.3 Å². The molecule has 5 nitrogen and oxygen atoms in total. The number of ether oxygens (including phenoxy) is 1. The van der Waals surface area contributed by atoms with Gasteiger partial charge in [0, 0.05) is 11.1 Å². The fourth-order valence-electron chi connectivity index (χ4n) is 3.51. The standard InChI is InChI=1S/C26H24N2O3/c1-2-19(25(29)30)18-31-26-27-23(20-12-6-3-7-13-20)24(21-14-8-4-9-15-21)28(26)22-16-10-5-11-17-22/h3-17,19H,2,18H2,1H3,(H,29,30). The van der Waals surface area contributed by atoms with Crippen LogP contribution in [0, 0.1) is 5.92 Å². The van der Waals surface area contributed by atoms with E-state index >= 15 is 0 Å². The van der Waals surface area contributed by atoms with E-state index in [9.17, 15) is 9.90 Å². The van der Waals surface area contributed by atoms with Gasteiger partial charge in [-0.2, -0.15) is 4.98 Å². The minimum atomic E-state index is -0.869. The number of carbonyl (C=O) groups is 1. The Morgan fingerprint density at radius 3 is 2.00 bits per heavy atom. The highest BCUT2D eigenvalue weighted by Gasteiger charge is 2.24. The molecule has 0 saturated heterocycles. The topological polar surface area (TPSA) is 64.4 Å². The third kappa shape index (κ3) is 4.36. The minimum Gasteiger partial charge on any atom is -0.481 e. The van der Waals surface area contributed by atoms with Crippen LogP contribution in [0.1, 0.15) is 13.3 Å². The van der Waals surface area contributed by atoms with Crippen molar-refractivity contribution in [3.05, 3.63) is 91.0 Å². The van der Waals surface area contributed by atoms with Gasteiger partial charge in [0.15, 0.2) is 0 Å². The van der Waals surface area contributed by atoms with Crippen molar-refractivity contribution in [2.24, 2.45) is 5.92 Å². The zero-order valence-electron chi connectivity index (χ0n) is 17.3. The number of hydrogen-bond donors (Lipinski definition) is 1. The van der Waals surface area contributed by atoms with Crippen molar-refractivity contribution >= 4 is 5.97 Å². The third-order valence-corrected chi connectivity index (χ3v) is 5.21. The average molecular weight is 412 g/mol. The molecule has 4 aromatic rings. The van der Waals surface area contributed by atoms with Gasteiger partial charge in [-0.15, -0.1) is 0 Å². The first-order valence-electron chi connectivity index (χ1n) is 10.3. The third-order valence-electron chi connectivity index (χ3n) is 5.21. The molecule has 0 aliphatic carbocycles. The number of nitrogens with zero attached hydrogens (tertiary/aromatic N) is 2. The monoisotopic (exact) mass is 412 g/mol. The molecule has 0 aliphatic heterocycles. The van der Waals surface area contributed by atoms with Crippen LogP contribution >= 0.6 is 0 Å². The van der Waals surface area contributed by atoms with Crippen molar-refractivity contribution < 1.29 is 14.6 Å². The number of hydrogen-bond acceptors (Lipinski definition) is 3. The summed E-state index contributed by atoms with van der Waals surface area (Å²) < 4.78 is 8.01. The summed E-state index contributed by atoms with van der Waals surface area (Å²) in [4.78, 5) is 16.4. The maximum atomic E-state index is 11.5. The molecule has 4 rings (SSSR count). The van der Waals surface area contributed by atoms with Crippen LogP contribution in [-0.2, 0) is 4.79 Å². The highest BCUT2D eigenvalue weighted by molar-refractivity contribution is 5.81. The molecule has 31 heavy (non-hydrogen) atoms. The molecule has 0 fully saturated rings. The molecule has 156 valence electrons. The molecule has 0 aliphatic rings. The molecule has 1 N–H and O–H groups in total. The summed E-state index contributed by atoms with van der Waals surface area (Å²) in [6, 6.07) is 30.2. The van der Waals surface area contributed by atoms with Crippen LogP contribution in [0.5, 0.6) is 6.01 Å². The molecule has 0 amide bonds. The first-order chi connectivity index (χ1) is 15.2. The van der Waals surface area contributed by atoms with Crippen molar-refractivity contribution in [1.29, 1.82) is 0 Å². The van der Waals surface area contributed by atoms with Gasteiger partial charge in [0.05, 0.1) is 17.3 Å².